The van der Waals surface area contributed by atoms with E-state index in [1.165, 1.54) is 12.8 Å². The molecule has 2 saturated heterocycles. The summed E-state index contributed by atoms with van der Waals surface area (Å²) in [6.07, 6.45) is 3.60. The van der Waals surface area contributed by atoms with Crippen molar-refractivity contribution in [2.45, 2.75) is 76.9 Å². The summed E-state index contributed by atoms with van der Waals surface area (Å²) in [5.74, 6) is 0. The van der Waals surface area contributed by atoms with Crippen LogP contribution in [0.2, 0.25) is 0 Å². The lowest BCUT2D eigenvalue weighted by molar-refractivity contribution is -0.194. The van der Waals surface area contributed by atoms with Crippen LogP contribution < -0.4 is 5.73 Å². The molecule has 0 aromatic rings. The largest absolute Gasteiger partial charge is 0.351 e. The molecule has 3 atom stereocenters. The fraction of sp³-hybridized carbons (Fsp3) is 1.00. The zero-order valence-corrected chi connectivity index (χ0v) is 12.7. The molecule has 0 amide bonds. The number of hydrogen-bond acceptors (Lipinski definition) is 4. The molecule has 2 aliphatic heterocycles. The molecule has 0 unspecified atom stereocenters. The number of nitrogens with two attached hydrogens (primary N) is 1. The summed E-state index contributed by atoms with van der Waals surface area (Å²) in [7, 11) is 0. The van der Waals surface area contributed by atoms with Crippen LogP contribution >= 0.6 is 0 Å². The van der Waals surface area contributed by atoms with Crippen molar-refractivity contribution in [1.29, 1.82) is 0 Å². The number of likely N-dealkylation sites (tertiary alicyclic amines) is 1. The van der Waals surface area contributed by atoms with E-state index in [1.54, 1.807) is 0 Å². The smallest absolute Gasteiger partial charge is 0.158 e. The van der Waals surface area contributed by atoms with Crippen molar-refractivity contribution >= 4 is 0 Å². The van der Waals surface area contributed by atoms with E-state index in [4.69, 9.17) is 15.2 Å². The van der Waals surface area contributed by atoms with Gasteiger partial charge in [-0.25, -0.2) is 0 Å². The van der Waals surface area contributed by atoms with Crippen molar-refractivity contribution < 1.29 is 9.47 Å². The first-order chi connectivity index (χ1) is 8.82. The van der Waals surface area contributed by atoms with Crippen LogP contribution in [0.4, 0.5) is 0 Å². The molecule has 0 spiro atoms. The Labute approximate surface area is 116 Å². The van der Waals surface area contributed by atoms with Crippen LogP contribution in [0, 0.1) is 5.41 Å². The van der Waals surface area contributed by atoms with Crippen LogP contribution in [-0.4, -0.2) is 48.1 Å². The topological polar surface area (TPSA) is 47.7 Å². The van der Waals surface area contributed by atoms with Gasteiger partial charge in [0.1, 0.15) is 0 Å². The van der Waals surface area contributed by atoms with E-state index in [-0.39, 0.29) is 17.9 Å². The Kier molecular flexibility index (Phi) is 3.21. The second kappa shape index (κ2) is 4.42. The predicted octanol–water partition coefficient (Wildman–Crippen LogP) is 1.73. The van der Waals surface area contributed by atoms with Gasteiger partial charge in [-0.2, -0.15) is 0 Å². The average molecular weight is 268 g/mol. The first kappa shape index (κ1) is 13.8. The monoisotopic (exact) mass is 268 g/mol. The first-order valence-electron chi connectivity index (χ1n) is 7.59. The van der Waals surface area contributed by atoms with Crippen molar-refractivity contribution in [3.8, 4) is 0 Å². The number of piperidine rings is 1. The summed E-state index contributed by atoms with van der Waals surface area (Å²) in [6, 6.07) is 1.45. The Morgan fingerprint density at radius 2 is 1.84 bits per heavy atom. The Morgan fingerprint density at radius 3 is 2.37 bits per heavy atom. The lowest BCUT2D eigenvalue weighted by atomic mass is 9.95. The molecule has 1 saturated carbocycles. The molecule has 4 nitrogen and oxygen atoms in total. The van der Waals surface area contributed by atoms with Gasteiger partial charge < -0.3 is 15.2 Å². The second-order valence-electron chi connectivity index (χ2n) is 7.77. The fourth-order valence-corrected chi connectivity index (χ4v) is 4.37. The quantitative estimate of drug-likeness (QED) is 0.828. The third-order valence-corrected chi connectivity index (χ3v) is 5.00. The van der Waals surface area contributed by atoms with Crippen LogP contribution in [0.15, 0.2) is 0 Å². The Hall–Kier alpha value is -0.160. The summed E-state index contributed by atoms with van der Waals surface area (Å²) in [5.41, 5.74) is 6.50. The number of rotatable bonds is 2. The van der Waals surface area contributed by atoms with Crippen LogP contribution in [0.5, 0.6) is 0 Å². The lowest BCUT2D eigenvalue weighted by Gasteiger charge is -2.37. The van der Waals surface area contributed by atoms with Gasteiger partial charge in [0.2, 0.25) is 0 Å². The first-order valence-corrected chi connectivity index (χ1v) is 7.59. The van der Waals surface area contributed by atoms with E-state index >= 15 is 0 Å². The molecular weight excluding hydrogens is 240 g/mol. The molecule has 0 bridgehead atoms. The minimum Gasteiger partial charge on any atom is -0.351 e. The third-order valence-electron chi connectivity index (χ3n) is 5.00. The highest BCUT2D eigenvalue weighted by Gasteiger charge is 2.65. The Bertz CT molecular complexity index is 347. The molecule has 2 heterocycles. The maximum Gasteiger partial charge on any atom is 0.158 e. The molecule has 110 valence electrons. The van der Waals surface area contributed by atoms with Gasteiger partial charge in [0, 0.05) is 24.0 Å². The van der Waals surface area contributed by atoms with Crippen molar-refractivity contribution in [2.24, 2.45) is 11.1 Å². The van der Waals surface area contributed by atoms with Crippen molar-refractivity contribution in [1.82, 2.24) is 4.90 Å². The molecule has 19 heavy (non-hydrogen) atoms. The van der Waals surface area contributed by atoms with E-state index < -0.39 is 0 Å². The van der Waals surface area contributed by atoms with E-state index in [9.17, 15) is 0 Å². The van der Waals surface area contributed by atoms with Crippen LogP contribution in [-0.2, 0) is 9.47 Å². The van der Waals surface area contributed by atoms with Gasteiger partial charge in [-0.3, -0.25) is 4.90 Å². The molecule has 0 aromatic carbocycles. The van der Waals surface area contributed by atoms with Gasteiger partial charge in [0.05, 0.1) is 19.3 Å². The number of hydrogen-bond donors (Lipinski definition) is 1. The van der Waals surface area contributed by atoms with Gasteiger partial charge in [-0.15, -0.1) is 0 Å². The summed E-state index contributed by atoms with van der Waals surface area (Å²) < 4.78 is 11.5. The average Bonchev–Trinajstić information content (AvgIpc) is 2.85. The number of ether oxygens (including phenoxy) is 2. The summed E-state index contributed by atoms with van der Waals surface area (Å²) in [4.78, 5) is 2.70. The number of nitrogens with zero attached hydrogens (tertiary/aromatic N) is 1. The highest BCUT2D eigenvalue weighted by molar-refractivity contribution is 5.18. The Balaban J connectivity index is 1.62. The third kappa shape index (κ3) is 2.44. The van der Waals surface area contributed by atoms with Crippen LogP contribution in [0.3, 0.4) is 0 Å². The van der Waals surface area contributed by atoms with E-state index in [0.717, 1.165) is 12.5 Å². The highest BCUT2D eigenvalue weighted by Crippen LogP contribution is 2.63. The SMILES string of the molecule is C[C@@H]1C[C@@]2(CC3OCC(N)CO3)C[C@H]2N1C(C)(C)C. The van der Waals surface area contributed by atoms with E-state index in [1.807, 2.05) is 0 Å². The summed E-state index contributed by atoms with van der Waals surface area (Å²) >= 11 is 0. The molecule has 3 rings (SSSR count). The molecule has 0 aromatic heterocycles. The minimum absolute atomic E-state index is 0.0306. The maximum atomic E-state index is 5.79. The molecule has 4 heteroatoms. The van der Waals surface area contributed by atoms with Crippen molar-refractivity contribution in [2.75, 3.05) is 13.2 Å². The molecule has 3 aliphatic rings. The minimum atomic E-state index is -0.0306. The standard InChI is InChI=1S/C15H28N2O2/c1-10-5-15(6-12(15)17(10)14(2,3)4)7-13-18-8-11(16)9-19-13/h10-13H,5-9,16H2,1-4H3/t10-,11?,12-,13?,15+/m1/s1. The van der Waals surface area contributed by atoms with Gasteiger partial charge in [0.25, 0.3) is 0 Å². The number of fused-ring (bicyclic) bond motifs is 1. The molecule has 2 N–H and O–H groups in total. The molecule has 0 radical (unpaired) electrons. The van der Waals surface area contributed by atoms with Gasteiger partial charge in [-0.05, 0) is 46.0 Å². The summed E-state index contributed by atoms with van der Waals surface area (Å²) in [6.45, 7) is 10.6. The van der Waals surface area contributed by atoms with Gasteiger partial charge in [0.15, 0.2) is 6.29 Å². The molecule has 3 fully saturated rings. The summed E-state index contributed by atoms with van der Waals surface area (Å²) in [5, 5.41) is 0. The van der Waals surface area contributed by atoms with E-state index in [2.05, 4.69) is 32.6 Å². The van der Waals surface area contributed by atoms with Crippen molar-refractivity contribution in [3.05, 3.63) is 0 Å². The van der Waals surface area contributed by atoms with Crippen molar-refractivity contribution in [3.63, 3.8) is 0 Å². The molecule has 1 aliphatic carbocycles. The van der Waals surface area contributed by atoms with Crippen LogP contribution in [0.1, 0.15) is 47.0 Å². The lowest BCUT2D eigenvalue weighted by Crippen LogP contribution is -2.45. The maximum absolute atomic E-state index is 5.79. The zero-order chi connectivity index (χ0) is 13.8. The van der Waals surface area contributed by atoms with Gasteiger partial charge >= 0.3 is 0 Å². The normalized spacial score (nSPS) is 47.2. The van der Waals surface area contributed by atoms with E-state index in [0.29, 0.717) is 24.7 Å². The second-order valence-corrected chi connectivity index (χ2v) is 7.77. The van der Waals surface area contributed by atoms with Crippen LogP contribution in [0.25, 0.3) is 0 Å². The highest BCUT2D eigenvalue weighted by atomic mass is 16.7. The Morgan fingerprint density at radius 1 is 1.21 bits per heavy atom. The fourth-order valence-electron chi connectivity index (χ4n) is 4.37. The predicted molar refractivity (Wildman–Crippen MR) is 74.8 cm³/mol. The molecular formula is C15H28N2O2. The van der Waals surface area contributed by atoms with Gasteiger partial charge in [-0.1, -0.05) is 0 Å². The zero-order valence-electron chi connectivity index (χ0n) is 12.7.